The summed E-state index contributed by atoms with van der Waals surface area (Å²) < 4.78 is 0. The average Bonchev–Trinajstić information content (AvgIpc) is 2.62. The third-order valence-electron chi connectivity index (χ3n) is 5.06. The summed E-state index contributed by atoms with van der Waals surface area (Å²) in [6, 6.07) is 16.2. The molecule has 1 saturated heterocycles. The minimum atomic E-state index is -0.827. The Hall–Kier alpha value is -2.33. The molecule has 2 aromatic carbocycles. The van der Waals surface area contributed by atoms with Crippen LogP contribution < -0.4 is 4.90 Å². The molecule has 0 aliphatic carbocycles. The number of aromatic carboxylic acids is 1. The summed E-state index contributed by atoms with van der Waals surface area (Å²) >= 11 is 0. The molecule has 0 saturated carbocycles. The van der Waals surface area contributed by atoms with Gasteiger partial charge in [-0.1, -0.05) is 30.3 Å². The molecule has 132 valence electrons. The van der Waals surface area contributed by atoms with Crippen molar-refractivity contribution in [2.75, 3.05) is 32.1 Å². The number of benzene rings is 2. The zero-order valence-corrected chi connectivity index (χ0v) is 15.0. The van der Waals surface area contributed by atoms with Gasteiger partial charge in [-0.3, -0.25) is 4.90 Å². The first-order valence-corrected chi connectivity index (χ1v) is 8.85. The van der Waals surface area contributed by atoms with Crippen LogP contribution in [0.2, 0.25) is 0 Å². The molecule has 25 heavy (non-hydrogen) atoms. The van der Waals surface area contributed by atoms with Crippen LogP contribution in [0.3, 0.4) is 0 Å². The first kappa shape index (κ1) is 17.5. The van der Waals surface area contributed by atoms with E-state index in [2.05, 4.69) is 35.2 Å². The first-order chi connectivity index (χ1) is 12.0. The molecule has 1 N–H and O–H groups in total. The lowest BCUT2D eigenvalue weighted by Gasteiger charge is -2.33. The highest BCUT2D eigenvalue weighted by Crippen LogP contribution is 2.33. The summed E-state index contributed by atoms with van der Waals surface area (Å²) in [7, 11) is 3.98. The van der Waals surface area contributed by atoms with Gasteiger partial charge in [-0.25, -0.2) is 4.79 Å². The van der Waals surface area contributed by atoms with Gasteiger partial charge in [-0.05, 0) is 61.2 Å². The number of carboxylic acid groups (broad SMARTS) is 1. The molecule has 0 bridgehead atoms. The number of anilines is 1. The van der Waals surface area contributed by atoms with Crippen molar-refractivity contribution in [1.29, 1.82) is 0 Å². The predicted molar refractivity (Wildman–Crippen MR) is 101 cm³/mol. The second kappa shape index (κ2) is 7.70. The topological polar surface area (TPSA) is 43.8 Å². The van der Waals surface area contributed by atoms with Crippen LogP contribution in [-0.4, -0.2) is 43.2 Å². The average molecular weight is 338 g/mol. The molecule has 0 radical (unpaired) electrons. The summed E-state index contributed by atoms with van der Waals surface area (Å²) in [5.74, 6) is -0.509. The maximum atomic E-state index is 11.6. The van der Waals surface area contributed by atoms with Gasteiger partial charge in [-0.2, -0.15) is 0 Å². The third-order valence-corrected chi connectivity index (χ3v) is 5.06. The highest BCUT2D eigenvalue weighted by atomic mass is 16.4. The third kappa shape index (κ3) is 4.20. The molecule has 0 atom stereocenters. The minimum absolute atomic E-state index is 0.318. The van der Waals surface area contributed by atoms with E-state index in [1.807, 2.05) is 31.1 Å². The Morgan fingerprint density at radius 1 is 1.12 bits per heavy atom. The molecule has 4 nitrogen and oxygen atoms in total. The number of piperidine rings is 1. The van der Waals surface area contributed by atoms with E-state index in [0.29, 0.717) is 11.5 Å². The number of nitrogens with zero attached hydrogens (tertiary/aromatic N) is 2. The van der Waals surface area contributed by atoms with Crippen LogP contribution in [0.25, 0.3) is 0 Å². The molecule has 1 aliphatic heterocycles. The van der Waals surface area contributed by atoms with Gasteiger partial charge in [0.15, 0.2) is 0 Å². The van der Waals surface area contributed by atoms with Crippen molar-refractivity contribution in [3.63, 3.8) is 0 Å². The fraction of sp³-hybridized carbons (Fsp3) is 0.381. The molecular formula is C21H26N2O2. The molecule has 2 aromatic rings. The Morgan fingerprint density at radius 2 is 1.80 bits per heavy atom. The lowest BCUT2D eigenvalue weighted by Crippen LogP contribution is -2.33. The van der Waals surface area contributed by atoms with E-state index in [0.717, 1.165) is 43.7 Å². The van der Waals surface area contributed by atoms with Crippen molar-refractivity contribution in [1.82, 2.24) is 4.90 Å². The highest BCUT2D eigenvalue weighted by molar-refractivity contribution is 5.90. The van der Waals surface area contributed by atoms with E-state index in [-0.39, 0.29) is 0 Å². The van der Waals surface area contributed by atoms with Gasteiger partial charge in [0, 0.05) is 26.3 Å². The van der Waals surface area contributed by atoms with E-state index in [9.17, 15) is 9.90 Å². The molecular weight excluding hydrogens is 312 g/mol. The van der Waals surface area contributed by atoms with Gasteiger partial charge >= 0.3 is 5.97 Å². The molecule has 0 unspecified atom stereocenters. The standard InChI is InChI=1S/C21H26N2O2/c1-22(2)18-8-9-19(21(24)25)20(14-18)17-10-12-23(13-11-17)15-16-6-4-3-5-7-16/h3-9,14,17H,10-13,15H2,1-2H3,(H,24,25). The summed E-state index contributed by atoms with van der Waals surface area (Å²) in [5.41, 5.74) is 3.83. The van der Waals surface area contributed by atoms with E-state index in [4.69, 9.17) is 0 Å². The summed E-state index contributed by atoms with van der Waals surface area (Å²) in [6.07, 6.45) is 2.01. The zero-order valence-electron chi connectivity index (χ0n) is 15.0. The highest BCUT2D eigenvalue weighted by Gasteiger charge is 2.25. The Balaban J connectivity index is 1.71. The lowest BCUT2D eigenvalue weighted by atomic mass is 9.86. The smallest absolute Gasteiger partial charge is 0.335 e. The van der Waals surface area contributed by atoms with Crippen LogP contribution >= 0.6 is 0 Å². The minimum Gasteiger partial charge on any atom is -0.478 e. The molecule has 4 heteroatoms. The van der Waals surface area contributed by atoms with Crippen molar-refractivity contribution in [2.45, 2.75) is 25.3 Å². The number of rotatable bonds is 5. The van der Waals surface area contributed by atoms with E-state index < -0.39 is 5.97 Å². The molecule has 0 spiro atoms. The van der Waals surface area contributed by atoms with Crippen LogP contribution in [0.5, 0.6) is 0 Å². The van der Waals surface area contributed by atoms with Gasteiger partial charge < -0.3 is 10.0 Å². The van der Waals surface area contributed by atoms with E-state index in [1.165, 1.54) is 5.56 Å². The van der Waals surface area contributed by atoms with Crippen molar-refractivity contribution >= 4 is 11.7 Å². The predicted octanol–water partition coefficient (Wildman–Crippen LogP) is 3.83. The van der Waals surface area contributed by atoms with Crippen molar-refractivity contribution in [3.05, 3.63) is 65.2 Å². The largest absolute Gasteiger partial charge is 0.478 e. The molecule has 0 amide bonds. The Kier molecular flexibility index (Phi) is 5.39. The van der Waals surface area contributed by atoms with E-state index >= 15 is 0 Å². The second-order valence-corrected chi connectivity index (χ2v) is 7.01. The van der Waals surface area contributed by atoms with Crippen LogP contribution in [0.4, 0.5) is 5.69 Å². The summed E-state index contributed by atoms with van der Waals surface area (Å²) in [6.45, 7) is 2.98. The monoisotopic (exact) mass is 338 g/mol. The number of likely N-dealkylation sites (tertiary alicyclic amines) is 1. The maximum absolute atomic E-state index is 11.6. The first-order valence-electron chi connectivity index (χ1n) is 8.85. The van der Waals surface area contributed by atoms with Crippen LogP contribution in [0, 0.1) is 0 Å². The van der Waals surface area contributed by atoms with Crippen molar-refractivity contribution in [2.24, 2.45) is 0 Å². The fourth-order valence-electron chi connectivity index (χ4n) is 3.60. The van der Waals surface area contributed by atoms with Gasteiger partial charge in [0.05, 0.1) is 5.56 Å². The molecule has 1 heterocycles. The molecule has 1 aliphatic rings. The lowest BCUT2D eigenvalue weighted by molar-refractivity contribution is 0.0694. The van der Waals surface area contributed by atoms with Crippen LogP contribution in [-0.2, 0) is 6.54 Å². The number of hydrogen-bond acceptors (Lipinski definition) is 3. The fourth-order valence-corrected chi connectivity index (χ4v) is 3.60. The SMILES string of the molecule is CN(C)c1ccc(C(=O)O)c(C2CCN(Cc3ccccc3)CC2)c1. The van der Waals surface area contributed by atoms with Gasteiger partial charge in [0.25, 0.3) is 0 Å². The Labute approximate surface area is 149 Å². The van der Waals surface area contributed by atoms with E-state index in [1.54, 1.807) is 6.07 Å². The number of carbonyl (C=O) groups is 1. The van der Waals surface area contributed by atoms with Crippen LogP contribution in [0.15, 0.2) is 48.5 Å². The zero-order chi connectivity index (χ0) is 17.8. The molecule has 0 aromatic heterocycles. The van der Waals surface area contributed by atoms with Crippen LogP contribution in [0.1, 0.15) is 40.2 Å². The number of hydrogen-bond donors (Lipinski definition) is 1. The maximum Gasteiger partial charge on any atom is 0.335 e. The van der Waals surface area contributed by atoms with Gasteiger partial charge in [0.2, 0.25) is 0 Å². The Morgan fingerprint density at radius 3 is 2.40 bits per heavy atom. The normalized spacial score (nSPS) is 15.9. The van der Waals surface area contributed by atoms with Gasteiger partial charge in [0.1, 0.15) is 0 Å². The van der Waals surface area contributed by atoms with Gasteiger partial charge in [-0.15, -0.1) is 0 Å². The number of carboxylic acids is 1. The quantitative estimate of drug-likeness (QED) is 0.900. The summed E-state index contributed by atoms with van der Waals surface area (Å²) in [5, 5.41) is 9.55. The summed E-state index contributed by atoms with van der Waals surface area (Å²) in [4.78, 5) is 16.1. The molecule has 1 fully saturated rings. The Bertz CT molecular complexity index is 720. The van der Waals surface area contributed by atoms with Crippen molar-refractivity contribution < 1.29 is 9.90 Å². The van der Waals surface area contributed by atoms with Crippen molar-refractivity contribution in [3.8, 4) is 0 Å². The second-order valence-electron chi connectivity index (χ2n) is 7.01. The molecule has 3 rings (SSSR count).